The summed E-state index contributed by atoms with van der Waals surface area (Å²) in [5, 5.41) is 4.06. The Morgan fingerprint density at radius 1 is 1.37 bits per heavy atom. The maximum atomic E-state index is 12.3. The van der Waals surface area contributed by atoms with Gasteiger partial charge >= 0.3 is 6.61 Å². The molecule has 19 heavy (non-hydrogen) atoms. The Balaban J connectivity index is 2.11. The molecule has 7 heteroatoms. The van der Waals surface area contributed by atoms with Gasteiger partial charge in [0.05, 0.1) is 11.9 Å². The van der Waals surface area contributed by atoms with Crippen molar-refractivity contribution < 1.29 is 18.0 Å². The summed E-state index contributed by atoms with van der Waals surface area (Å²) in [6.07, 6.45) is 2.19. The van der Waals surface area contributed by atoms with E-state index in [0.717, 1.165) is 5.69 Å². The number of alkyl halides is 2. The van der Waals surface area contributed by atoms with Crippen LogP contribution in [0.1, 0.15) is 17.0 Å². The van der Waals surface area contributed by atoms with E-state index < -0.39 is 6.61 Å². The second-order valence-corrected chi connectivity index (χ2v) is 4.31. The summed E-state index contributed by atoms with van der Waals surface area (Å²) in [6, 6.07) is 3.29. The summed E-state index contributed by atoms with van der Waals surface area (Å²) < 4.78 is 33.8. The Labute approximate surface area is 113 Å². The van der Waals surface area contributed by atoms with E-state index in [-0.39, 0.29) is 10.9 Å². The summed E-state index contributed by atoms with van der Waals surface area (Å²) in [5.74, 6) is 0.728. The van der Waals surface area contributed by atoms with E-state index >= 15 is 0 Å². The molecule has 0 radical (unpaired) electrons. The molecule has 0 spiro atoms. The Morgan fingerprint density at radius 2 is 2.16 bits per heavy atom. The summed E-state index contributed by atoms with van der Waals surface area (Å²) in [5.41, 5.74) is 1.30. The zero-order valence-electron chi connectivity index (χ0n) is 10.1. The minimum Gasteiger partial charge on any atom is -0.433 e. The number of aromatic nitrogens is 2. The quantitative estimate of drug-likeness (QED) is 0.791. The Bertz CT molecular complexity index is 560. The molecule has 0 aliphatic heterocycles. The predicted octanol–water partition coefficient (Wildman–Crippen LogP) is 3.42. The molecule has 0 saturated heterocycles. The lowest BCUT2D eigenvalue weighted by atomic mass is 10.1. The van der Waals surface area contributed by atoms with Gasteiger partial charge in [0, 0.05) is 6.07 Å². The molecule has 0 fully saturated rings. The van der Waals surface area contributed by atoms with Crippen LogP contribution >= 0.6 is 11.6 Å². The average molecular weight is 289 g/mol. The van der Waals surface area contributed by atoms with Gasteiger partial charge in [0.15, 0.2) is 0 Å². The Hall–Kier alpha value is -1.69. The van der Waals surface area contributed by atoms with Crippen LogP contribution in [-0.2, 0) is 12.8 Å². The van der Waals surface area contributed by atoms with Gasteiger partial charge in [0.1, 0.15) is 16.7 Å². The highest BCUT2D eigenvalue weighted by atomic mass is 35.5. The molecule has 0 aliphatic rings. The van der Waals surface area contributed by atoms with Crippen molar-refractivity contribution in [1.82, 2.24) is 10.1 Å². The van der Waals surface area contributed by atoms with Crippen molar-refractivity contribution in [3.05, 3.63) is 40.5 Å². The van der Waals surface area contributed by atoms with Gasteiger partial charge < -0.3 is 9.26 Å². The number of halogens is 3. The number of nitrogens with zero attached hydrogens (tertiary/aromatic N) is 2. The first-order valence-electron chi connectivity index (χ1n) is 5.56. The lowest BCUT2D eigenvalue weighted by Crippen LogP contribution is -2.06. The Kier molecular flexibility index (Phi) is 4.31. The SMILES string of the molecule is Cc1cc(CCc2cc(Cl)ncc2OC(F)F)no1. The van der Waals surface area contributed by atoms with Crippen LogP contribution in [0.15, 0.2) is 22.9 Å². The van der Waals surface area contributed by atoms with Crippen LogP contribution in [-0.4, -0.2) is 16.8 Å². The molecule has 0 amide bonds. The van der Waals surface area contributed by atoms with Crippen LogP contribution in [0.3, 0.4) is 0 Å². The zero-order chi connectivity index (χ0) is 13.8. The van der Waals surface area contributed by atoms with Crippen LogP contribution in [0, 0.1) is 6.92 Å². The average Bonchev–Trinajstić information content (AvgIpc) is 2.75. The van der Waals surface area contributed by atoms with Crippen LogP contribution in [0.5, 0.6) is 5.75 Å². The van der Waals surface area contributed by atoms with Crippen LogP contribution < -0.4 is 4.74 Å². The number of rotatable bonds is 5. The van der Waals surface area contributed by atoms with E-state index in [1.807, 2.05) is 0 Å². The van der Waals surface area contributed by atoms with Crippen molar-refractivity contribution in [1.29, 1.82) is 0 Å². The molecule has 0 N–H and O–H groups in total. The van der Waals surface area contributed by atoms with Crippen LogP contribution in [0.4, 0.5) is 8.78 Å². The molecule has 2 heterocycles. The normalized spacial score (nSPS) is 11.0. The topological polar surface area (TPSA) is 48.2 Å². The predicted molar refractivity (Wildman–Crippen MR) is 64.5 cm³/mol. The fraction of sp³-hybridized carbons (Fsp3) is 0.333. The van der Waals surface area contributed by atoms with Crippen molar-refractivity contribution in [3.8, 4) is 5.75 Å². The number of hydrogen-bond donors (Lipinski definition) is 0. The summed E-state index contributed by atoms with van der Waals surface area (Å²) >= 11 is 5.75. The third-order valence-corrected chi connectivity index (χ3v) is 2.66. The summed E-state index contributed by atoms with van der Waals surface area (Å²) in [4.78, 5) is 3.72. The number of aryl methyl sites for hydroxylation is 3. The second-order valence-electron chi connectivity index (χ2n) is 3.92. The fourth-order valence-electron chi connectivity index (χ4n) is 1.65. The number of pyridine rings is 1. The lowest BCUT2D eigenvalue weighted by molar-refractivity contribution is -0.0506. The van der Waals surface area contributed by atoms with E-state index in [4.69, 9.17) is 16.1 Å². The van der Waals surface area contributed by atoms with E-state index in [0.29, 0.717) is 24.2 Å². The van der Waals surface area contributed by atoms with Crippen LogP contribution in [0.25, 0.3) is 0 Å². The van der Waals surface area contributed by atoms with E-state index in [9.17, 15) is 8.78 Å². The third kappa shape index (κ3) is 3.89. The van der Waals surface area contributed by atoms with Crippen molar-refractivity contribution in [2.45, 2.75) is 26.4 Å². The highest BCUT2D eigenvalue weighted by molar-refractivity contribution is 6.29. The second kappa shape index (κ2) is 5.97. The minimum atomic E-state index is -2.89. The first-order valence-corrected chi connectivity index (χ1v) is 5.94. The molecule has 2 aromatic heterocycles. The largest absolute Gasteiger partial charge is 0.433 e. The van der Waals surface area contributed by atoms with E-state index in [2.05, 4.69) is 14.9 Å². The monoisotopic (exact) mass is 288 g/mol. The molecule has 4 nitrogen and oxygen atoms in total. The molecular formula is C12H11ClF2N2O2. The molecule has 2 rings (SSSR count). The van der Waals surface area contributed by atoms with Crippen molar-refractivity contribution in [3.63, 3.8) is 0 Å². The van der Waals surface area contributed by atoms with E-state index in [1.165, 1.54) is 12.3 Å². The van der Waals surface area contributed by atoms with Gasteiger partial charge in [-0.2, -0.15) is 8.78 Å². The first-order chi connectivity index (χ1) is 9.04. The van der Waals surface area contributed by atoms with Crippen molar-refractivity contribution in [2.75, 3.05) is 0 Å². The molecule has 102 valence electrons. The van der Waals surface area contributed by atoms with Gasteiger partial charge in [-0.25, -0.2) is 4.98 Å². The molecule has 0 bridgehead atoms. The van der Waals surface area contributed by atoms with Crippen LogP contribution in [0.2, 0.25) is 5.15 Å². The molecule has 0 aliphatic carbocycles. The number of hydrogen-bond acceptors (Lipinski definition) is 4. The van der Waals surface area contributed by atoms with Crippen molar-refractivity contribution in [2.24, 2.45) is 0 Å². The van der Waals surface area contributed by atoms with Gasteiger partial charge in [-0.05, 0) is 31.4 Å². The maximum Gasteiger partial charge on any atom is 0.387 e. The number of ether oxygens (including phenoxy) is 1. The van der Waals surface area contributed by atoms with Gasteiger partial charge in [-0.15, -0.1) is 0 Å². The summed E-state index contributed by atoms with van der Waals surface area (Å²) in [7, 11) is 0. The molecule has 0 aromatic carbocycles. The molecule has 2 aromatic rings. The molecule has 0 atom stereocenters. The third-order valence-electron chi connectivity index (χ3n) is 2.46. The van der Waals surface area contributed by atoms with Gasteiger partial charge in [0.25, 0.3) is 0 Å². The highest BCUT2D eigenvalue weighted by Gasteiger charge is 2.12. The maximum absolute atomic E-state index is 12.3. The molecule has 0 unspecified atom stereocenters. The standard InChI is InChI=1S/C12H11ClF2N2O2/c1-7-4-9(17-19-7)3-2-8-5-11(13)16-6-10(8)18-12(14)15/h4-6,12H,2-3H2,1H3. The highest BCUT2D eigenvalue weighted by Crippen LogP contribution is 2.24. The molecule has 0 saturated carbocycles. The van der Waals surface area contributed by atoms with Crippen molar-refractivity contribution >= 4 is 11.6 Å². The van der Waals surface area contributed by atoms with E-state index in [1.54, 1.807) is 13.0 Å². The fourth-order valence-corrected chi connectivity index (χ4v) is 1.83. The Morgan fingerprint density at radius 3 is 2.79 bits per heavy atom. The zero-order valence-corrected chi connectivity index (χ0v) is 10.8. The lowest BCUT2D eigenvalue weighted by Gasteiger charge is -2.09. The van der Waals surface area contributed by atoms with Gasteiger partial charge in [-0.1, -0.05) is 16.8 Å². The summed E-state index contributed by atoms with van der Waals surface area (Å²) in [6.45, 7) is -1.11. The first kappa shape index (κ1) is 13.7. The smallest absolute Gasteiger partial charge is 0.387 e. The van der Waals surface area contributed by atoms with Gasteiger partial charge in [0.2, 0.25) is 0 Å². The minimum absolute atomic E-state index is 0.0274. The molecular weight excluding hydrogens is 278 g/mol. The van der Waals surface area contributed by atoms with Gasteiger partial charge in [-0.3, -0.25) is 0 Å².